The first-order valence-electron chi connectivity index (χ1n) is 7.84. The summed E-state index contributed by atoms with van der Waals surface area (Å²) in [6.07, 6.45) is 3.85. The van der Waals surface area contributed by atoms with Crippen LogP contribution in [0.5, 0.6) is 0 Å². The second kappa shape index (κ2) is 6.64. The van der Waals surface area contributed by atoms with Crippen molar-refractivity contribution < 1.29 is 4.42 Å². The standard InChI is InChI=1S/C17H21N5O/c1-4-7-16-14(18-11-17-21-20-13(3)23-17)10-19-22(16)15-9-6-5-8-12(15)2/h5-6,8-10,18H,4,7,11H2,1-3H3. The Labute approximate surface area is 135 Å². The lowest BCUT2D eigenvalue weighted by molar-refractivity contribution is 0.474. The van der Waals surface area contributed by atoms with Gasteiger partial charge in [-0.3, -0.25) is 0 Å². The minimum atomic E-state index is 0.497. The van der Waals surface area contributed by atoms with Crippen molar-refractivity contribution in [1.82, 2.24) is 20.0 Å². The van der Waals surface area contributed by atoms with E-state index in [1.165, 1.54) is 5.56 Å². The molecule has 6 heteroatoms. The summed E-state index contributed by atoms with van der Waals surface area (Å²) in [5, 5.41) is 15.8. The average Bonchev–Trinajstić information content (AvgIpc) is 3.13. The highest BCUT2D eigenvalue weighted by Crippen LogP contribution is 2.23. The normalized spacial score (nSPS) is 10.9. The topological polar surface area (TPSA) is 68.8 Å². The number of anilines is 1. The summed E-state index contributed by atoms with van der Waals surface area (Å²) in [5.74, 6) is 1.15. The van der Waals surface area contributed by atoms with Crippen LogP contribution in [0.15, 0.2) is 34.9 Å². The molecule has 3 rings (SSSR count). The Bertz CT molecular complexity index is 790. The van der Waals surface area contributed by atoms with Crippen LogP contribution in [0.3, 0.4) is 0 Å². The predicted molar refractivity (Wildman–Crippen MR) is 88.7 cm³/mol. The number of nitrogens with one attached hydrogen (secondary N) is 1. The van der Waals surface area contributed by atoms with Gasteiger partial charge in [0.25, 0.3) is 0 Å². The molecule has 0 fully saturated rings. The molecule has 0 aliphatic rings. The molecule has 2 heterocycles. The molecule has 0 aliphatic carbocycles. The molecule has 1 N–H and O–H groups in total. The molecule has 2 aromatic heterocycles. The molecule has 0 spiro atoms. The van der Waals surface area contributed by atoms with Crippen LogP contribution in [-0.4, -0.2) is 20.0 Å². The number of aryl methyl sites for hydroxylation is 2. The van der Waals surface area contributed by atoms with Gasteiger partial charge in [-0.25, -0.2) is 4.68 Å². The largest absolute Gasteiger partial charge is 0.424 e. The summed E-state index contributed by atoms with van der Waals surface area (Å²) in [7, 11) is 0. The van der Waals surface area contributed by atoms with Crippen LogP contribution in [0.1, 0.15) is 36.4 Å². The van der Waals surface area contributed by atoms with Crippen LogP contribution in [0.4, 0.5) is 5.69 Å². The maximum Gasteiger partial charge on any atom is 0.235 e. The van der Waals surface area contributed by atoms with E-state index < -0.39 is 0 Å². The number of rotatable bonds is 6. The Balaban J connectivity index is 1.88. The summed E-state index contributed by atoms with van der Waals surface area (Å²) in [4.78, 5) is 0. The molecule has 0 radical (unpaired) electrons. The summed E-state index contributed by atoms with van der Waals surface area (Å²) < 4.78 is 7.42. The van der Waals surface area contributed by atoms with Gasteiger partial charge in [0.1, 0.15) is 0 Å². The smallest absolute Gasteiger partial charge is 0.235 e. The molecule has 0 atom stereocenters. The summed E-state index contributed by atoms with van der Waals surface area (Å²) in [6.45, 7) is 6.55. The van der Waals surface area contributed by atoms with Crippen molar-refractivity contribution in [1.29, 1.82) is 0 Å². The van der Waals surface area contributed by atoms with Crippen molar-refractivity contribution in [3.63, 3.8) is 0 Å². The van der Waals surface area contributed by atoms with Crippen molar-refractivity contribution in [3.05, 3.63) is 53.5 Å². The third-order valence-electron chi connectivity index (χ3n) is 3.70. The van der Waals surface area contributed by atoms with E-state index in [4.69, 9.17) is 4.42 Å². The Morgan fingerprint density at radius 2 is 2.00 bits per heavy atom. The first kappa shape index (κ1) is 15.3. The quantitative estimate of drug-likeness (QED) is 0.755. The third kappa shape index (κ3) is 3.26. The fourth-order valence-corrected chi connectivity index (χ4v) is 2.59. The van der Waals surface area contributed by atoms with Gasteiger partial charge in [-0.2, -0.15) is 5.10 Å². The maximum atomic E-state index is 5.40. The van der Waals surface area contributed by atoms with Crippen molar-refractivity contribution in [2.75, 3.05) is 5.32 Å². The number of hydrogen-bond donors (Lipinski definition) is 1. The Morgan fingerprint density at radius 3 is 2.70 bits per heavy atom. The lowest BCUT2D eigenvalue weighted by Crippen LogP contribution is -2.07. The highest BCUT2D eigenvalue weighted by atomic mass is 16.4. The van der Waals surface area contributed by atoms with Crippen LogP contribution in [0.2, 0.25) is 0 Å². The average molecular weight is 311 g/mol. The van der Waals surface area contributed by atoms with Gasteiger partial charge in [-0.15, -0.1) is 10.2 Å². The second-order valence-electron chi connectivity index (χ2n) is 5.52. The van der Waals surface area contributed by atoms with Crippen molar-refractivity contribution in [2.45, 2.75) is 40.2 Å². The van der Waals surface area contributed by atoms with Crippen molar-refractivity contribution in [3.8, 4) is 5.69 Å². The van der Waals surface area contributed by atoms with Gasteiger partial charge in [0.15, 0.2) is 0 Å². The monoisotopic (exact) mass is 311 g/mol. The van der Waals surface area contributed by atoms with Crippen LogP contribution >= 0.6 is 0 Å². The van der Waals surface area contributed by atoms with E-state index in [0.717, 1.165) is 29.9 Å². The zero-order valence-electron chi connectivity index (χ0n) is 13.7. The molecule has 120 valence electrons. The number of para-hydroxylation sites is 1. The highest BCUT2D eigenvalue weighted by molar-refractivity contribution is 5.51. The summed E-state index contributed by atoms with van der Waals surface area (Å²) >= 11 is 0. The minimum absolute atomic E-state index is 0.497. The van der Waals surface area contributed by atoms with E-state index in [1.807, 2.05) is 23.0 Å². The van der Waals surface area contributed by atoms with Gasteiger partial charge >= 0.3 is 0 Å². The first-order valence-corrected chi connectivity index (χ1v) is 7.84. The molecule has 0 bridgehead atoms. The summed E-state index contributed by atoms with van der Waals surface area (Å²) in [5.41, 5.74) is 4.48. The fourth-order valence-electron chi connectivity index (χ4n) is 2.59. The van der Waals surface area contributed by atoms with Crippen LogP contribution in [-0.2, 0) is 13.0 Å². The van der Waals surface area contributed by atoms with E-state index in [1.54, 1.807) is 6.92 Å². The molecule has 3 aromatic rings. The SMILES string of the molecule is CCCc1c(NCc2nnc(C)o2)cnn1-c1ccccc1C. The zero-order valence-corrected chi connectivity index (χ0v) is 13.7. The number of hydrogen-bond acceptors (Lipinski definition) is 5. The zero-order chi connectivity index (χ0) is 16.2. The number of nitrogens with zero attached hydrogens (tertiary/aromatic N) is 4. The highest BCUT2D eigenvalue weighted by Gasteiger charge is 2.13. The van der Waals surface area contributed by atoms with Crippen molar-refractivity contribution in [2.24, 2.45) is 0 Å². The van der Waals surface area contributed by atoms with Gasteiger partial charge in [-0.1, -0.05) is 31.5 Å². The van der Waals surface area contributed by atoms with Crippen LogP contribution < -0.4 is 5.32 Å². The molecule has 23 heavy (non-hydrogen) atoms. The lowest BCUT2D eigenvalue weighted by Gasteiger charge is -2.11. The second-order valence-corrected chi connectivity index (χ2v) is 5.52. The third-order valence-corrected chi connectivity index (χ3v) is 3.70. The molecule has 0 saturated carbocycles. The maximum absolute atomic E-state index is 5.40. The molecule has 0 unspecified atom stereocenters. The molecule has 0 amide bonds. The minimum Gasteiger partial charge on any atom is -0.424 e. The Morgan fingerprint density at radius 1 is 1.17 bits per heavy atom. The fraction of sp³-hybridized carbons (Fsp3) is 0.353. The summed E-state index contributed by atoms with van der Waals surface area (Å²) in [6, 6.07) is 8.26. The molecule has 0 aliphatic heterocycles. The van der Waals surface area contributed by atoms with Gasteiger partial charge in [0.05, 0.1) is 29.8 Å². The van der Waals surface area contributed by atoms with Gasteiger partial charge in [-0.05, 0) is 25.0 Å². The van der Waals surface area contributed by atoms with Crippen molar-refractivity contribution >= 4 is 5.69 Å². The van der Waals surface area contributed by atoms with Gasteiger partial charge < -0.3 is 9.73 Å². The number of aromatic nitrogens is 4. The van der Waals surface area contributed by atoms with Gasteiger partial charge in [0.2, 0.25) is 11.8 Å². The van der Waals surface area contributed by atoms with Crippen LogP contribution in [0.25, 0.3) is 5.69 Å². The van der Waals surface area contributed by atoms with E-state index >= 15 is 0 Å². The predicted octanol–water partition coefficient (Wildman–Crippen LogP) is 3.44. The molecular formula is C17H21N5O. The van der Waals surface area contributed by atoms with E-state index in [9.17, 15) is 0 Å². The van der Waals surface area contributed by atoms with E-state index in [-0.39, 0.29) is 0 Å². The molecular weight excluding hydrogens is 290 g/mol. The lowest BCUT2D eigenvalue weighted by atomic mass is 10.1. The molecule has 0 saturated heterocycles. The van der Waals surface area contributed by atoms with Gasteiger partial charge in [0, 0.05) is 6.92 Å². The number of benzene rings is 1. The van der Waals surface area contributed by atoms with Crippen LogP contribution in [0, 0.1) is 13.8 Å². The molecule has 6 nitrogen and oxygen atoms in total. The molecule has 1 aromatic carbocycles. The first-order chi connectivity index (χ1) is 11.2. The Hall–Kier alpha value is -2.63. The van der Waals surface area contributed by atoms with E-state index in [2.05, 4.69) is 46.6 Å². The van der Waals surface area contributed by atoms with E-state index in [0.29, 0.717) is 18.3 Å². The Kier molecular flexibility index (Phi) is 4.41.